The van der Waals surface area contributed by atoms with Crippen LogP contribution in [0.25, 0.3) is 0 Å². The van der Waals surface area contributed by atoms with Crippen molar-refractivity contribution in [2.45, 2.75) is 51.2 Å². The predicted molar refractivity (Wildman–Crippen MR) is 78.1 cm³/mol. The normalized spacial score (nSPS) is 29.4. The standard InChI is InChI=1S/C16H21N3O2/c1-3-13-14(20)18-16(2,11-7-8-11)15(21)19(13)10-12-6-4-5-9-17-12/h4-6,9,11,13H,3,7-8,10H2,1-2H3,(H,18,20). The lowest BCUT2D eigenvalue weighted by molar-refractivity contribution is -0.156. The number of nitrogens with one attached hydrogen (secondary N) is 1. The molecular weight excluding hydrogens is 266 g/mol. The second kappa shape index (κ2) is 5.13. The number of amides is 2. The summed E-state index contributed by atoms with van der Waals surface area (Å²) in [6, 6.07) is 5.24. The van der Waals surface area contributed by atoms with E-state index in [1.54, 1.807) is 11.1 Å². The molecule has 2 fully saturated rings. The van der Waals surface area contributed by atoms with Crippen LogP contribution in [0, 0.1) is 5.92 Å². The highest BCUT2D eigenvalue weighted by Gasteiger charge is 2.54. The summed E-state index contributed by atoms with van der Waals surface area (Å²) in [6.07, 6.45) is 4.35. The Bertz CT molecular complexity index is 556. The number of rotatable bonds is 4. The molecule has 21 heavy (non-hydrogen) atoms. The summed E-state index contributed by atoms with van der Waals surface area (Å²) in [4.78, 5) is 31.3. The molecule has 0 spiro atoms. The smallest absolute Gasteiger partial charge is 0.249 e. The maximum absolute atomic E-state index is 12.9. The molecule has 0 radical (unpaired) electrons. The fraction of sp³-hybridized carbons (Fsp3) is 0.562. The first kappa shape index (κ1) is 14.0. The number of hydrogen-bond acceptors (Lipinski definition) is 3. The Balaban J connectivity index is 1.89. The van der Waals surface area contributed by atoms with Gasteiger partial charge >= 0.3 is 0 Å². The van der Waals surface area contributed by atoms with Crippen LogP contribution in [0.4, 0.5) is 0 Å². The summed E-state index contributed by atoms with van der Waals surface area (Å²) in [5.41, 5.74) is 0.0782. The van der Waals surface area contributed by atoms with Crippen molar-refractivity contribution >= 4 is 11.8 Å². The van der Waals surface area contributed by atoms with Crippen LogP contribution in [0.15, 0.2) is 24.4 Å². The average Bonchev–Trinajstić information content (AvgIpc) is 3.31. The van der Waals surface area contributed by atoms with Gasteiger partial charge in [-0.1, -0.05) is 13.0 Å². The quantitative estimate of drug-likeness (QED) is 0.912. The summed E-state index contributed by atoms with van der Waals surface area (Å²) < 4.78 is 0. The van der Waals surface area contributed by atoms with Gasteiger partial charge in [-0.25, -0.2) is 0 Å². The molecule has 112 valence electrons. The minimum absolute atomic E-state index is 0.0297. The summed E-state index contributed by atoms with van der Waals surface area (Å²) >= 11 is 0. The molecule has 3 rings (SSSR count). The van der Waals surface area contributed by atoms with Crippen molar-refractivity contribution in [2.24, 2.45) is 5.92 Å². The molecule has 2 amide bonds. The van der Waals surface area contributed by atoms with Gasteiger partial charge in [0.25, 0.3) is 0 Å². The van der Waals surface area contributed by atoms with Crippen molar-refractivity contribution in [2.75, 3.05) is 0 Å². The Morgan fingerprint density at radius 1 is 1.38 bits per heavy atom. The average molecular weight is 287 g/mol. The van der Waals surface area contributed by atoms with Gasteiger partial charge in [0.1, 0.15) is 11.6 Å². The number of aromatic nitrogens is 1. The highest BCUT2D eigenvalue weighted by Crippen LogP contribution is 2.42. The van der Waals surface area contributed by atoms with Gasteiger partial charge in [0, 0.05) is 6.20 Å². The van der Waals surface area contributed by atoms with E-state index in [1.165, 1.54) is 0 Å². The number of piperazine rings is 1. The molecule has 5 nitrogen and oxygen atoms in total. The molecule has 5 heteroatoms. The lowest BCUT2D eigenvalue weighted by atomic mass is 9.88. The third-order valence-corrected chi connectivity index (χ3v) is 4.61. The van der Waals surface area contributed by atoms with Gasteiger partial charge in [-0.15, -0.1) is 0 Å². The van der Waals surface area contributed by atoms with Crippen molar-refractivity contribution in [1.82, 2.24) is 15.2 Å². The Hall–Kier alpha value is -1.91. The molecule has 1 saturated carbocycles. The molecule has 1 aromatic rings. The zero-order valence-corrected chi connectivity index (χ0v) is 12.5. The summed E-state index contributed by atoms with van der Waals surface area (Å²) in [7, 11) is 0. The third kappa shape index (κ3) is 2.41. The van der Waals surface area contributed by atoms with Gasteiger partial charge in [-0.2, -0.15) is 0 Å². The fourth-order valence-corrected chi connectivity index (χ4v) is 3.17. The zero-order valence-electron chi connectivity index (χ0n) is 12.5. The second-order valence-electron chi connectivity index (χ2n) is 6.14. The molecular formula is C16H21N3O2. The number of pyridine rings is 1. The van der Waals surface area contributed by atoms with E-state index in [-0.39, 0.29) is 17.7 Å². The predicted octanol–water partition coefficient (Wildman–Crippen LogP) is 1.49. The van der Waals surface area contributed by atoms with Crippen molar-refractivity contribution in [3.63, 3.8) is 0 Å². The number of nitrogens with zero attached hydrogens (tertiary/aromatic N) is 2. The minimum Gasteiger partial charge on any atom is -0.340 e. The molecule has 2 atom stereocenters. The van der Waals surface area contributed by atoms with Crippen molar-refractivity contribution in [1.29, 1.82) is 0 Å². The van der Waals surface area contributed by atoms with Gasteiger partial charge < -0.3 is 10.2 Å². The molecule has 1 saturated heterocycles. The molecule has 0 bridgehead atoms. The molecule has 1 aromatic heterocycles. The molecule has 2 unspecified atom stereocenters. The van der Waals surface area contributed by atoms with Crippen molar-refractivity contribution in [3.8, 4) is 0 Å². The Morgan fingerprint density at radius 3 is 2.71 bits per heavy atom. The Kier molecular flexibility index (Phi) is 3.43. The minimum atomic E-state index is -0.739. The molecule has 2 aliphatic rings. The SMILES string of the molecule is CCC1C(=O)NC(C)(C2CC2)C(=O)N1Cc1ccccn1. The monoisotopic (exact) mass is 287 g/mol. The van der Waals surface area contributed by atoms with E-state index in [4.69, 9.17) is 0 Å². The maximum atomic E-state index is 12.9. The highest BCUT2D eigenvalue weighted by atomic mass is 16.2. The van der Waals surface area contributed by atoms with E-state index < -0.39 is 11.6 Å². The van der Waals surface area contributed by atoms with Gasteiger partial charge in [-0.05, 0) is 44.2 Å². The Labute approximate surface area is 124 Å². The van der Waals surface area contributed by atoms with Gasteiger partial charge in [0.15, 0.2) is 0 Å². The van der Waals surface area contributed by atoms with E-state index in [0.29, 0.717) is 13.0 Å². The Morgan fingerprint density at radius 2 is 2.14 bits per heavy atom. The third-order valence-electron chi connectivity index (χ3n) is 4.61. The van der Waals surface area contributed by atoms with E-state index in [2.05, 4.69) is 10.3 Å². The zero-order chi connectivity index (χ0) is 15.0. The van der Waals surface area contributed by atoms with Gasteiger partial charge in [0.2, 0.25) is 11.8 Å². The van der Waals surface area contributed by atoms with Crippen LogP contribution in [0.3, 0.4) is 0 Å². The van der Waals surface area contributed by atoms with Crippen LogP contribution in [-0.2, 0) is 16.1 Å². The number of carbonyl (C=O) groups is 2. The van der Waals surface area contributed by atoms with E-state index in [0.717, 1.165) is 18.5 Å². The largest absolute Gasteiger partial charge is 0.340 e. The molecule has 1 aliphatic heterocycles. The fourth-order valence-electron chi connectivity index (χ4n) is 3.17. The molecule has 2 heterocycles. The molecule has 1 aliphatic carbocycles. The summed E-state index contributed by atoms with van der Waals surface area (Å²) in [5, 5.41) is 2.97. The molecule has 0 aromatic carbocycles. The van der Waals surface area contributed by atoms with Crippen LogP contribution in [0.5, 0.6) is 0 Å². The highest BCUT2D eigenvalue weighted by molar-refractivity contribution is 6.00. The lowest BCUT2D eigenvalue weighted by Gasteiger charge is -2.44. The van der Waals surface area contributed by atoms with E-state index in [1.807, 2.05) is 32.0 Å². The topological polar surface area (TPSA) is 62.3 Å². The summed E-state index contributed by atoms with van der Waals surface area (Å²) in [6.45, 7) is 4.19. The van der Waals surface area contributed by atoms with Gasteiger partial charge in [-0.3, -0.25) is 14.6 Å². The van der Waals surface area contributed by atoms with Crippen molar-refractivity contribution in [3.05, 3.63) is 30.1 Å². The lowest BCUT2D eigenvalue weighted by Crippen LogP contribution is -2.69. The molecule has 1 N–H and O–H groups in total. The van der Waals surface area contributed by atoms with Crippen LogP contribution in [0.1, 0.15) is 38.8 Å². The van der Waals surface area contributed by atoms with E-state index in [9.17, 15) is 9.59 Å². The van der Waals surface area contributed by atoms with Crippen molar-refractivity contribution < 1.29 is 9.59 Å². The van der Waals surface area contributed by atoms with Crippen LogP contribution >= 0.6 is 0 Å². The first-order valence-electron chi connectivity index (χ1n) is 7.59. The second-order valence-corrected chi connectivity index (χ2v) is 6.14. The van der Waals surface area contributed by atoms with Gasteiger partial charge in [0.05, 0.1) is 12.2 Å². The van der Waals surface area contributed by atoms with Crippen LogP contribution in [-0.4, -0.2) is 33.3 Å². The maximum Gasteiger partial charge on any atom is 0.249 e. The van der Waals surface area contributed by atoms with Crippen LogP contribution in [0.2, 0.25) is 0 Å². The first-order valence-corrected chi connectivity index (χ1v) is 7.59. The summed E-state index contributed by atoms with van der Waals surface area (Å²) in [5.74, 6) is 0.266. The number of carbonyl (C=O) groups excluding carboxylic acids is 2. The number of hydrogen-bond donors (Lipinski definition) is 1. The first-order chi connectivity index (χ1) is 10.1. The van der Waals surface area contributed by atoms with Crippen LogP contribution < -0.4 is 5.32 Å². The van der Waals surface area contributed by atoms with E-state index >= 15 is 0 Å².